The average molecular weight is 412 g/mol. The van der Waals surface area contributed by atoms with Crippen molar-refractivity contribution >= 4 is 34.0 Å². The number of sulfonamides is 1. The average Bonchev–Trinajstić information content (AvgIpc) is 3.08. The number of methoxy groups -OCH3 is 1. The molecule has 7 nitrogen and oxygen atoms in total. The number of anilines is 1. The summed E-state index contributed by atoms with van der Waals surface area (Å²) in [6, 6.07) is 12.7. The lowest BCUT2D eigenvalue weighted by Crippen LogP contribution is -2.32. The van der Waals surface area contributed by atoms with Crippen molar-refractivity contribution in [1.82, 2.24) is 4.90 Å². The van der Waals surface area contributed by atoms with E-state index in [1.807, 2.05) is 0 Å². The van der Waals surface area contributed by atoms with Crippen LogP contribution < -0.4 is 15.2 Å². The fraction of sp³-hybridized carbons (Fsp3) is 0.278. The lowest BCUT2D eigenvalue weighted by molar-refractivity contribution is 0.0790. The Morgan fingerprint density at radius 2 is 1.96 bits per heavy atom. The van der Waals surface area contributed by atoms with Crippen molar-refractivity contribution in [2.75, 3.05) is 24.9 Å². The summed E-state index contributed by atoms with van der Waals surface area (Å²) in [6.45, 7) is 1.06. The van der Waals surface area contributed by atoms with Gasteiger partial charge in [-0.3, -0.25) is 9.52 Å². The van der Waals surface area contributed by atoms with Crippen LogP contribution in [0, 0.1) is 0 Å². The van der Waals surface area contributed by atoms with E-state index in [9.17, 15) is 13.2 Å². The summed E-state index contributed by atoms with van der Waals surface area (Å²) < 4.78 is 33.1. The van der Waals surface area contributed by atoms with Gasteiger partial charge in [0.1, 0.15) is 5.75 Å². The number of carbonyl (C=O) groups excluding carboxylic acids is 1. The molecule has 1 heterocycles. The van der Waals surface area contributed by atoms with Gasteiger partial charge in [-0.15, -0.1) is 12.4 Å². The molecule has 0 unspecified atom stereocenters. The van der Waals surface area contributed by atoms with Crippen LogP contribution in [0.5, 0.6) is 5.75 Å². The SMILES string of the molecule is COc1ccccc1NS(=O)(=O)c1cccc(C(=O)N2CC[C@@H](N)C2)c1.Cl. The van der Waals surface area contributed by atoms with Crippen LogP contribution in [0.4, 0.5) is 5.69 Å². The predicted molar refractivity (Wildman–Crippen MR) is 106 cm³/mol. The van der Waals surface area contributed by atoms with Gasteiger partial charge in [-0.05, 0) is 36.8 Å². The Morgan fingerprint density at radius 3 is 2.63 bits per heavy atom. The Hall–Kier alpha value is -2.29. The highest BCUT2D eigenvalue weighted by Crippen LogP contribution is 2.26. The lowest BCUT2D eigenvalue weighted by atomic mass is 10.2. The molecule has 0 saturated carbocycles. The summed E-state index contributed by atoms with van der Waals surface area (Å²) in [7, 11) is -2.40. The second-order valence-corrected chi connectivity index (χ2v) is 7.82. The molecule has 27 heavy (non-hydrogen) atoms. The number of halogens is 1. The molecule has 146 valence electrons. The van der Waals surface area contributed by atoms with E-state index in [2.05, 4.69) is 4.72 Å². The Bertz CT molecular complexity index is 920. The zero-order valence-electron chi connectivity index (χ0n) is 14.8. The highest BCUT2D eigenvalue weighted by molar-refractivity contribution is 7.92. The summed E-state index contributed by atoms with van der Waals surface area (Å²) in [5.74, 6) is 0.196. The smallest absolute Gasteiger partial charge is 0.262 e. The maximum atomic E-state index is 12.7. The van der Waals surface area contributed by atoms with Crippen molar-refractivity contribution in [3.05, 3.63) is 54.1 Å². The van der Waals surface area contributed by atoms with Crippen LogP contribution in [-0.4, -0.2) is 45.5 Å². The van der Waals surface area contributed by atoms with Gasteiger partial charge in [0.05, 0.1) is 17.7 Å². The van der Waals surface area contributed by atoms with Crippen molar-refractivity contribution in [1.29, 1.82) is 0 Å². The van der Waals surface area contributed by atoms with E-state index < -0.39 is 10.0 Å². The second kappa shape index (κ2) is 8.60. The number of nitrogens with two attached hydrogens (primary N) is 1. The van der Waals surface area contributed by atoms with E-state index in [1.54, 1.807) is 41.3 Å². The van der Waals surface area contributed by atoms with Gasteiger partial charge < -0.3 is 15.4 Å². The maximum absolute atomic E-state index is 12.7. The number of hydrogen-bond donors (Lipinski definition) is 2. The number of likely N-dealkylation sites (tertiary alicyclic amines) is 1. The summed E-state index contributed by atoms with van der Waals surface area (Å²) >= 11 is 0. The van der Waals surface area contributed by atoms with Gasteiger partial charge in [0.15, 0.2) is 0 Å². The number of carbonyl (C=O) groups is 1. The van der Waals surface area contributed by atoms with E-state index in [0.29, 0.717) is 30.1 Å². The third kappa shape index (κ3) is 4.71. The van der Waals surface area contributed by atoms with Gasteiger partial charge in [-0.1, -0.05) is 18.2 Å². The third-order valence-corrected chi connectivity index (χ3v) is 5.62. The molecule has 0 bridgehead atoms. The summed E-state index contributed by atoms with van der Waals surface area (Å²) in [4.78, 5) is 14.2. The van der Waals surface area contributed by atoms with Crippen LogP contribution in [0.2, 0.25) is 0 Å². The molecule has 0 aromatic heterocycles. The Balaban J connectivity index is 0.00000261. The lowest BCUT2D eigenvalue weighted by Gasteiger charge is -2.16. The molecule has 1 aliphatic rings. The fourth-order valence-electron chi connectivity index (χ4n) is 2.88. The zero-order valence-corrected chi connectivity index (χ0v) is 16.4. The molecule has 3 rings (SSSR count). The normalized spacial score (nSPS) is 16.5. The quantitative estimate of drug-likeness (QED) is 0.784. The van der Waals surface area contributed by atoms with Crippen LogP contribution >= 0.6 is 12.4 Å². The minimum absolute atomic E-state index is 0. The van der Waals surface area contributed by atoms with E-state index in [1.165, 1.54) is 19.2 Å². The van der Waals surface area contributed by atoms with Crippen LogP contribution in [-0.2, 0) is 10.0 Å². The fourth-order valence-corrected chi connectivity index (χ4v) is 4.00. The number of amides is 1. The molecule has 3 N–H and O–H groups in total. The second-order valence-electron chi connectivity index (χ2n) is 6.13. The minimum Gasteiger partial charge on any atom is -0.495 e. The van der Waals surface area contributed by atoms with Crippen LogP contribution in [0.3, 0.4) is 0 Å². The molecule has 0 spiro atoms. The maximum Gasteiger partial charge on any atom is 0.262 e. The van der Waals surface area contributed by atoms with Gasteiger partial charge in [0.2, 0.25) is 0 Å². The molecular weight excluding hydrogens is 390 g/mol. The molecule has 1 amide bonds. The number of para-hydroxylation sites is 2. The number of hydrogen-bond acceptors (Lipinski definition) is 5. The van der Waals surface area contributed by atoms with Gasteiger partial charge >= 0.3 is 0 Å². The van der Waals surface area contributed by atoms with Crippen molar-refractivity contribution in [2.45, 2.75) is 17.4 Å². The highest BCUT2D eigenvalue weighted by Gasteiger charge is 2.25. The third-order valence-electron chi connectivity index (χ3n) is 4.25. The van der Waals surface area contributed by atoms with Gasteiger partial charge in [-0.25, -0.2) is 8.42 Å². The molecule has 2 aromatic rings. The molecule has 1 saturated heterocycles. The van der Waals surface area contributed by atoms with Gasteiger partial charge in [0.25, 0.3) is 15.9 Å². The van der Waals surface area contributed by atoms with E-state index in [4.69, 9.17) is 10.5 Å². The molecule has 1 fully saturated rings. The molecule has 0 radical (unpaired) electrons. The molecule has 1 atom stereocenters. The van der Waals surface area contributed by atoms with Crippen molar-refractivity contribution in [2.24, 2.45) is 5.73 Å². The first-order valence-corrected chi connectivity index (χ1v) is 9.70. The van der Waals surface area contributed by atoms with E-state index in [-0.39, 0.29) is 29.3 Å². The van der Waals surface area contributed by atoms with Crippen molar-refractivity contribution in [3.63, 3.8) is 0 Å². The number of nitrogens with one attached hydrogen (secondary N) is 1. The van der Waals surface area contributed by atoms with Crippen molar-refractivity contribution < 1.29 is 17.9 Å². The number of benzene rings is 2. The zero-order chi connectivity index (χ0) is 18.7. The first-order chi connectivity index (χ1) is 12.4. The van der Waals surface area contributed by atoms with E-state index in [0.717, 1.165) is 6.42 Å². The molecule has 1 aliphatic heterocycles. The number of nitrogens with zero attached hydrogens (tertiary/aromatic N) is 1. The monoisotopic (exact) mass is 411 g/mol. The Kier molecular flexibility index (Phi) is 6.69. The molecule has 2 aromatic carbocycles. The topological polar surface area (TPSA) is 102 Å². The standard InChI is InChI=1S/C18H21N3O4S.ClH/c1-25-17-8-3-2-7-16(17)20-26(23,24)15-6-4-5-13(11-15)18(22)21-10-9-14(19)12-21;/h2-8,11,14,20H,9-10,12,19H2,1H3;1H/t14-;/m1./s1. The van der Waals surface area contributed by atoms with Gasteiger partial charge in [-0.2, -0.15) is 0 Å². The first kappa shape index (κ1) is 21.0. The van der Waals surface area contributed by atoms with Crippen LogP contribution in [0.1, 0.15) is 16.8 Å². The highest BCUT2D eigenvalue weighted by atomic mass is 35.5. The van der Waals surface area contributed by atoms with Crippen LogP contribution in [0.25, 0.3) is 0 Å². The summed E-state index contributed by atoms with van der Waals surface area (Å²) in [6.07, 6.45) is 0.749. The Morgan fingerprint density at radius 1 is 1.22 bits per heavy atom. The summed E-state index contributed by atoms with van der Waals surface area (Å²) in [5.41, 5.74) is 6.49. The molecule has 9 heteroatoms. The number of ether oxygens (including phenoxy) is 1. The largest absolute Gasteiger partial charge is 0.495 e. The van der Waals surface area contributed by atoms with Crippen molar-refractivity contribution in [3.8, 4) is 5.75 Å². The van der Waals surface area contributed by atoms with Crippen LogP contribution in [0.15, 0.2) is 53.4 Å². The summed E-state index contributed by atoms with van der Waals surface area (Å²) in [5, 5.41) is 0. The number of rotatable bonds is 5. The Labute approximate surface area is 165 Å². The first-order valence-electron chi connectivity index (χ1n) is 8.21. The predicted octanol–water partition coefficient (Wildman–Crippen LogP) is 2.09. The molecular formula is C18H22ClN3O4S. The van der Waals surface area contributed by atoms with Gasteiger partial charge in [0, 0.05) is 24.7 Å². The van der Waals surface area contributed by atoms with E-state index >= 15 is 0 Å². The molecule has 0 aliphatic carbocycles. The minimum atomic E-state index is -3.86.